The predicted octanol–water partition coefficient (Wildman–Crippen LogP) is 3.54. The third-order valence-corrected chi connectivity index (χ3v) is 4.34. The van der Waals surface area contributed by atoms with E-state index in [9.17, 15) is 4.79 Å². The average Bonchev–Trinajstić information content (AvgIpc) is 3.42. The topological polar surface area (TPSA) is 80.9 Å². The van der Waals surface area contributed by atoms with Gasteiger partial charge in [0.1, 0.15) is 5.82 Å². The van der Waals surface area contributed by atoms with Crippen LogP contribution in [0.1, 0.15) is 18.5 Å². The van der Waals surface area contributed by atoms with Gasteiger partial charge in [-0.2, -0.15) is 0 Å². The molecule has 5 heteroatoms. The lowest BCUT2D eigenvalue weighted by Crippen LogP contribution is -2.14. The van der Waals surface area contributed by atoms with Gasteiger partial charge in [-0.05, 0) is 48.9 Å². The number of benzene rings is 1. The molecule has 1 amide bonds. The molecule has 4 rings (SSSR count). The van der Waals surface area contributed by atoms with Crippen molar-refractivity contribution in [3.8, 4) is 11.1 Å². The Bertz CT molecular complexity index is 947. The van der Waals surface area contributed by atoms with Crippen LogP contribution in [0, 0.1) is 12.8 Å². The van der Waals surface area contributed by atoms with E-state index in [0.717, 1.165) is 40.4 Å². The quantitative estimate of drug-likeness (QED) is 0.774. The minimum Gasteiger partial charge on any atom is -0.397 e. The number of aromatic nitrogens is 2. The summed E-state index contributed by atoms with van der Waals surface area (Å²) in [5.74, 6) is 0.845. The molecule has 0 atom stereocenters. The molecule has 0 spiro atoms. The predicted molar refractivity (Wildman–Crippen MR) is 95.5 cm³/mol. The normalized spacial score (nSPS) is 13.9. The summed E-state index contributed by atoms with van der Waals surface area (Å²) >= 11 is 0. The Hall–Kier alpha value is -2.95. The monoisotopic (exact) mass is 318 g/mol. The molecular weight excluding hydrogens is 300 g/mol. The second-order valence-corrected chi connectivity index (χ2v) is 6.30. The summed E-state index contributed by atoms with van der Waals surface area (Å²) in [6.07, 6.45) is 5.42. The molecule has 0 bridgehead atoms. The Morgan fingerprint density at radius 1 is 1.12 bits per heavy atom. The summed E-state index contributed by atoms with van der Waals surface area (Å²) in [5, 5.41) is 4.93. The Labute approximate surface area is 139 Å². The van der Waals surface area contributed by atoms with Gasteiger partial charge in [-0.3, -0.25) is 9.78 Å². The summed E-state index contributed by atoms with van der Waals surface area (Å²) in [6, 6.07) is 9.98. The smallest absolute Gasteiger partial charge is 0.228 e. The number of carbonyl (C=O) groups is 1. The van der Waals surface area contributed by atoms with Gasteiger partial charge in [0.15, 0.2) is 0 Å². The molecule has 0 radical (unpaired) electrons. The van der Waals surface area contributed by atoms with Crippen LogP contribution in [0.25, 0.3) is 21.9 Å². The number of hydrogen-bond acceptors (Lipinski definition) is 4. The molecule has 1 aromatic carbocycles. The molecule has 0 saturated heterocycles. The van der Waals surface area contributed by atoms with E-state index in [2.05, 4.69) is 21.4 Å². The molecule has 5 nitrogen and oxygen atoms in total. The number of nitrogens with two attached hydrogens (primary N) is 1. The molecule has 120 valence electrons. The third kappa shape index (κ3) is 2.80. The number of amides is 1. The van der Waals surface area contributed by atoms with Crippen molar-refractivity contribution in [1.82, 2.24) is 9.97 Å². The maximum absolute atomic E-state index is 11.8. The van der Waals surface area contributed by atoms with Gasteiger partial charge in [-0.15, -0.1) is 0 Å². The molecule has 3 aromatic rings. The lowest BCUT2D eigenvalue weighted by atomic mass is 10.0. The highest BCUT2D eigenvalue weighted by molar-refractivity contribution is 5.96. The van der Waals surface area contributed by atoms with Crippen molar-refractivity contribution in [3.63, 3.8) is 0 Å². The zero-order chi connectivity index (χ0) is 16.7. The van der Waals surface area contributed by atoms with Crippen molar-refractivity contribution in [2.45, 2.75) is 19.8 Å². The van der Waals surface area contributed by atoms with E-state index in [1.807, 2.05) is 31.2 Å². The zero-order valence-corrected chi connectivity index (χ0v) is 13.4. The fourth-order valence-corrected chi connectivity index (χ4v) is 2.79. The fourth-order valence-electron chi connectivity index (χ4n) is 2.79. The standard InChI is InChI=1S/C19H18N4O/c1-11-17(8-16(20)10-21-11)14-5-4-13-7-18(22-9-15(13)6-14)23-19(24)12-2-3-12/h4-10,12H,2-3,20H2,1H3,(H,22,23,24). The first-order valence-corrected chi connectivity index (χ1v) is 8.03. The first-order chi connectivity index (χ1) is 11.6. The summed E-state index contributed by atoms with van der Waals surface area (Å²) in [5.41, 5.74) is 9.51. The van der Waals surface area contributed by atoms with Crippen molar-refractivity contribution >= 4 is 28.2 Å². The molecule has 1 fully saturated rings. The summed E-state index contributed by atoms with van der Waals surface area (Å²) in [7, 11) is 0. The van der Waals surface area contributed by atoms with E-state index < -0.39 is 0 Å². The highest BCUT2D eigenvalue weighted by Gasteiger charge is 2.29. The summed E-state index contributed by atoms with van der Waals surface area (Å²) in [4.78, 5) is 20.5. The van der Waals surface area contributed by atoms with Crippen LogP contribution in [0.5, 0.6) is 0 Å². The number of hydrogen-bond donors (Lipinski definition) is 2. The molecule has 0 unspecified atom stereocenters. The van der Waals surface area contributed by atoms with Crippen LogP contribution >= 0.6 is 0 Å². The van der Waals surface area contributed by atoms with Gasteiger partial charge >= 0.3 is 0 Å². The number of anilines is 2. The van der Waals surface area contributed by atoms with Crippen LogP contribution in [0.4, 0.5) is 11.5 Å². The molecule has 2 aromatic heterocycles. The molecule has 1 aliphatic carbocycles. The van der Waals surface area contributed by atoms with Crippen LogP contribution in [0.3, 0.4) is 0 Å². The first kappa shape index (κ1) is 14.6. The molecule has 1 aliphatic rings. The van der Waals surface area contributed by atoms with E-state index in [1.165, 1.54) is 0 Å². The van der Waals surface area contributed by atoms with E-state index in [0.29, 0.717) is 11.5 Å². The Kier molecular flexibility index (Phi) is 3.41. The lowest BCUT2D eigenvalue weighted by Gasteiger charge is -2.09. The maximum atomic E-state index is 11.8. The zero-order valence-electron chi connectivity index (χ0n) is 13.4. The van der Waals surface area contributed by atoms with Crippen LogP contribution in [0.2, 0.25) is 0 Å². The van der Waals surface area contributed by atoms with Crippen molar-refractivity contribution in [3.05, 3.63) is 48.4 Å². The van der Waals surface area contributed by atoms with Gasteiger partial charge in [0, 0.05) is 28.8 Å². The number of nitrogens with one attached hydrogen (secondary N) is 1. The largest absolute Gasteiger partial charge is 0.397 e. The number of nitrogen functional groups attached to an aromatic ring is 1. The van der Waals surface area contributed by atoms with Crippen LogP contribution < -0.4 is 11.1 Å². The van der Waals surface area contributed by atoms with Crippen LogP contribution in [-0.2, 0) is 4.79 Å². The second kappa shape index (κ2) is 5.60. The number of fused-ring (bicyclic) bond motifs is 1. The third-order valence-electron chi connectivity index (χ3n) is 4.34. The van der Waals surface area contributed by atoms with Crippen LogP contribution in [-0.4, -0.2) is 15.9 Å². The van der Waals surface area contributed by atoms with Gasteiger partial charge in [0.25, 0.3) is 0 Å². The second-order valence-electron chi connectivity index (χ2n) is 6.30. The maximum Gasteiger partial charge on any atom is 0.228 e. The fraction of sp³-hybridized carbons (Fsp3) is 0.211. The Morgan fingerprint density at radius 2 is 1.96 bits per heavy atom. The molecule has 24 heavy (non-hydrogen) atoms. The van der Waals surface area contributed by atoms with Crippen molar-refractivity contribution < 1.29 is 4.79 Å². The molecule has 1 saturated carbocycles. The highest BCUT2D eigenvalue weighted by atomic mass is 16.2. The Morgan fingerprint density at radius 3 is 2.75 bits per heavy atom. The Balaban J connectivity index is 1.68. The SMILES string of the molecule is Cc1ncc(N)cc1-c1ccc2cc(NC(=O)C3CC3)ncc2c1. The van der Waals surface area contributed by atoms with Crippen molar-refractivity contribution in [2.75, 3.05) is 11.1 Å². The van der Waals surface area contributed by atoms with Crippen molar-refractivity contribution in [2.24, 2.45) is 5.92 Å². The number of rotatable bonds is 3. The van der Waals surface area contributed by atoms with Gasteiger partial charge in [0.2, 0.25) is 5.91 Å². The molecular formula is C19H18N4O. The van der Waals surface area contributed by atoms with E-state index in [4.69, 9.17) is 5.73 Å². The number of pyridine rings is 2. The van der Waals surface area contributed by atoms with E-state index in [1.54, 1.807) is 12.4 Å². The van der Waals surface area contributed by atoms with Gasteiger partial charge < -0.3 is 11.1 Å². The van der Waals surface area contributed by atoms with Gasteiger partial charge in [-0.25, -0.2) is 4.98 Å². The average molecular weight is 318 g/mol. The first-order valence-electron chi connectivity index (χ1n) is 8.03. The van der Waals surface area contributed by atoms with Gasteiger partial charge in [-0.1, -0.05) is 12.1 Å². The minimum atomic E-state index is 0.0694. The lowest BCUT2D eigenvalue weighted by molar-refractivity contribution is -0.117. The molecule has 2 heterocycles. The number of nitrogens with zero attached hydrogens (tertiary/aromatic N) is 2. The number of aryl methyl sites for hydroxylation is 1. The highest BCUT2D eigenvalue weighted by Crippen LogP contribution is 2.31. The summed E-state index contributed by atoms with van der Waals surface area (Å²) in [6.45, 7) is 1.97. The van der Waals surface area contributed by atoms with Crippen molar-refractivity contribution in [1.29, 1.82) is 0 Å². The summed E-state index contributed by atoms with van der Waals surface area (Å²) < 4.78 is 0. The number of carbonyl (C=O) groups excluding carboxylic acids is 1. The molecule has 3 N–H and O–H groups in total. The minimum absolute atomic E-state index is 0.0694. The van der Waals surface area contributed by atoms with E-state index >= 15 is 0 Å². The van der Waals surface area contributed by atoms with E-state index in [-0.39, 0.29) is 11.8 Å². The van der Waals surface area contributed by atoms with Gasteiger partial charge in [0.05, 0.1) is 11.9 Å². The molecule has 0 aliphatic heterocycles. The van der Waals surface area contributed by atoms with Crippen LogP contribution in [0.15, 0.2) is 42.7 Å².